The molecule has 0 aliphatic heterocycles. The van der Waals surface area contributed by atoms with Gasteiger partial charge < -0.3 is 5.32 Å². The Balaban J connectivity index is 2.71. The zero-order chi connectivity index (χ0) is 8.27. The third-order valence-corrected chi connectivity index (χ3v) is 1.23. The summed E-state index contributed by atoms with van der Waals surface area (Å²) in [5.74, 6) is 0.847. The maximum absolute atomic E-state index is 3.92. The van der Waals surface area contributed by atoms with Crippen LogP contribution in [0.4, 0.5) is 5.82 Å². The maximum atomic E-state index is 3.92. The second-order valence-corrected chi connectivity index (χ2v) is 2.92. The summed E-state index contributed by atoms with van der Waals surface area (Å²) < 4.78 is 0. The van der Waals surface area contributed by atoms with Crippen LogP contribution in [0.5, 0.6) is 0 Å². The number of rotatable bonds is 2. The Morgan fingerprint density at radius 3 is 2.73 bits per heavy atom. The molecule has 1 aromatic heterocycles. The van der Waals surface area contributed by atoms with E-state index < -0.39 is 0 Å². The molecule has 60 valence electrons. The van der Waals surface area contributed by atoms with Crippen molar-refractivity contribution in [1.29, 1.82) is 0 Å². The predicted octanol–water partition coefficient (Wildman–Crippen LogP) is 1.61. The monoisotopic (exact) mass is 151 g/mol. The van der Waals surface area contributed by atoms with Gasteiger partial charge in [0.25, 0.3) is 0 Å². The summed E-state index contributed by atoms with van der Waals surface area (Å²) in [6.45, 7) is 6.15. The molecular weight excluding hydrogens is 138 g/mol. The van der Waals surface area contributed by atoms with E-state index in [0.29, 0.717) is 6.04 Å². The average molecular weight is 151 g/mol. The number of aromatic nitrogens is 2. The number of anilines is 1. The molecule has 11 heavy (non-hydrogen) atoms. The molecule has 0 bridgehead atoms. The molecule has 0 amide bonds. The van der Waals surface area contributed by atoms with E-state index in [0.717, 1.165) is 11.4 Å². The van der Waals surface area contributed by atoms with Crippen LogP contribution in [0.15, 0.2) is 12.3 Å². The standard InChI is InChI=1S/C8H13N3/c1-6(2)10-8-4-7(3)5-9-11-8/h4-6H,1-3H3,(H,10,11). The molecule has 0 saturated heterocycles. The molecule has 1 N–H and O–H groups in total. The highest BCUT2D eigenvalue weighted by molar-refractivity contribution is 5.35. The Bertz CT molecular complexity index is 233. The van der Waals surface area contributed by atoms with Gasteiger partial charge >= 0.3 is 0 Å². The fraction of sp³-hybridized carbons (Fsp3) is 0.500. The Morgan fingerprint density at radius 2 is 2.18 bits per heavy atom. The molecule has 0 fully saturated rings. The van der Waals surface area contributed by atoms with Crippen molar-refractivity contribution in [1.82, 2.24) is 10.2 Å². The first-order valence-electron chi connectivity index (χ1n) is 3.74. The van der Waals surface area contributed by atoms with E-state index in [1.165, 1.54) is 0 Å². The first-order valence-corrected chi connectivity index (χ1v) is 3.74. The number of hydrogen-bond acceptors (Lipinski definition) is 3. The number of nitrogens with one attached hydrogen (secondary N) is 1. The SMILES string of the molecule is Cc1cnnc(NC(C)C)c1. The third-order valence-electron chi connectivity index (χ3n) is 1.23. The van der Waals surface area contributed by atoms with Gasteiger partial charge in [-0.2, -0.15) is 5.10 Å². The number of aryl methyl sites for hydroxylation is 1. The summed E-state index contributed by atoms with van der Waals surface area (Å²) in [6, 6.07) is 2.39. The lowest BCUT2D eigenvalue weighted by atomic mass is 10.3. The minimum absolute atomic E-state index is 0.408. The van der Waals surface area contributed by atoms with Crippen molar-refractivity contribution < 1.29 is 0 Å². The van der Waals surface area contributed by atoms with E-state index in [-0.39, 0.29) is 0 Å². The van der Waals surface area contributed by atoms with Crippen LogP contribution in [0.25, 0.3) is 0 Å². The van der Waals surface area contributed by atoms with Gasteiger partial charge in [-0.15, -0.1) is 5.10 Å². The Morgan fingerprint density at radius 1 is 1.45 bits per heavy atom. The third kappa shape index (κ3) is 2.53. The molecule has 1 heterocycles. The topological polar surface area (TPSA) is 37.8 Å². The molecule has 0 aliphatic carbocycles. The van der Waals surface area contributed by atoms with Gasteiger partial charge in [0.1, 0.15) is 5.82 Å². The largest absolute Gasteiger partial charge is 0.366 e. The van der Waals surface area contributed by atoms with Crippen molar-refractivity contribution in [2.75, 3.05) is 5.32 Å². The molecule has 1 rings (SSSR count). The first kappa shape index (κ1) is 7.98. The highest BCUT2D eigenvalue weighted by Gasteiger charge is 1.95. The van der Waals surface area contributed by atoms with Crippen LogP contribution >= 0.6 is 0 Å². The molecular formula is C8H13N3. The highest BCUT2D eigenvalue weighted by atomic mass is 15.2. The second kappa shape index (κ2) is 3.32. The van der Waals surface area contributed by atoms with Crippen molar-refractivity contribution >= 4 is 5.82 Å². The zero-order valence-electron chi connectivity index (χ0n) is 7.13. The zero-order valence-corrected chi connectivity index (χ0v) is 7.13. The summed E-state index contributed by atoms with van der Waals surface area (Å²) in [6.07, 6.45) is 1.74. The molecule has 0 atom stereocenters. The molecule has 3 heteroatoms. The van der Waals surface area contributed by atoms with Crippen molar-refractivity contribution in [3.63, 3.8) is 0 Å². The van der Waals surface area contributed by atoms with Gasteiger partial charge in [-0.1, -0.05) is 0 Å². The van der Waals surface area contributed by atoms with Gasteiger partial charge in [0, 0.05) is 6.04 Å². The molecule has 0 aliphatic rings. The van der Waals surface area contributed by atoms with E-state index in [9.17, 15) is 0 Å². The summed E-state index contributed by atoms with van der Waals surface area (Å²) >= 11 is 0. The normalized spacial score (nSPS) is 10.2. The molecule has 0 unspecified atom stereocenters. The van der Waals surface area contributed by atoms with Gasteiger partial charge in [-0.3, -0.25) is 0 Å². The minimum Gasteiger partial charge on any atom is -0.366 e. The molecule has 0 radical (unpaired) electrons. The van der Waals surface area contributed by atoms with E-state index >= 15 is 0 Å². The minimum atomic E-state index is 0.408. The lowest BCUT2D eigenvalue weighted by Crippen LogP contribution is -2.11. The Hall–Kier alpha value is -1.12. The van der Waals surface area contributed by atoms with Crippen molar-refractivity contribution in [2.45, 2.75) is 26.8 Å². The predicted molar refractivity (Wildman–Crippen MR) is 45.5 cm³/mol. The van der Waals surface area contributed by atoms with Crippen LogP contribution in [0.2, 0.25) is 0 Å². The van der Waals surface area contributed by atoms with Gasteiger partial charge in [-0.05, 0) is 32.4 Å². The van der Waals surface area contributed by atoms with Crippen LogP contribution < -0.4 is 5.32 Å². The maximum Gasteiger partial charge on any atom is 0.149 e. The summed E-state index contributed by atoms with van der Waals surface area (Å²) in [4.78, 5) is 0. The number of hydrogen-bond donors (Lipinski definition) is 1. The van der Waals surface area contributed by atoms with Gasteiger partial charge in [0.05, 0.1) is 6.20 Å². The average Bonchev–Trinajstić information content (AvgIpc) is 1.85. The summed E-state index contributed by atoms with van der Waals surface area (Å²) in [5, 5.41) is 10.9. The van der Waals surface area contributed by atoms with E-state index in [1.54, 1.807) is 6.20 Å². The van der Waals surface area contributed by atoms with E-state index in [1.807, 2.05) is 13.0 Å². The molecule has 0 spiro atoms. The first-order chi connectivity index (χ1) is 5.18. The van der Waals surface area contributed by atoms with Gasteiger partial charge in [-0.25, -0.2) is 0 Å². The molecule has 0 aromatic carbocycles. The van der Waals surface area contributed by atoms with Crippen LogP contribution in [0, 0.1) is 6.92 Å². The quantitative estimate of drug-likeness (QED) is 0.697. The summed E-state index contributed by atoms with van der Waals surface area (Å²) in [7, 11) is 0. The van der Waals surface area contributed by atoms with Crippen LogP contribution in [0.1, 0.15) is 19.4 Å². The molecule has 1 aromatic rings. The van der Waals surface area contributed by atoms with Crippen LogP contribution in [0.3, 0.4) is 0 Å². The lowest BCUT2D eigenvalue weighted by molar-refractivity contribution is 0.871. The molecule has 3 nitrogen and oxygen atoms in total. The number of nitrogens with zero attached hydrogens (tertiary/aromatic N) is 2. The highest BCUT2D eigenvalue weighted by Crippen LogP contribution is 2.04. The smallest absolute Gasteiger partial charge is 0.149 e. The van der Waals surface area contributed by atoms with Crippen molar-refractivity contribution in [3.05, 3.63) is 17.8 Å². The Kier molecular flexibility index (Phi) is 2.41. The fourth-order valence-electron chi connectivity index (χ4n) is 0.830. The fourth-order valence-corrected chi connectivity index (χ4v) is 0.830. The van der Waals surface area contributed by atoms with Crippen molar-refractivity contribution in [2.24, 2.45) is 0 Å². The lowest BCUT2D eigenvalue weighted by Gasteiger charge is -2.07. The van der Waals surface area contributed by atoms with Crippen LogP contribution in [-0.2, 0) is 0 Å². The van der Waals surface area contributed by atoms with Gasteiger partial charge in [0.2, 0.25) is 0 Å². The van der Waals surface area contributed by atoms with Crippen LogP contribution in [-0.4, -0.2) is 16.2 Å². The van der Waals surface area contributed by atoms with E-state index in [2.05, 4.69) is 29.4 Å². The molecule has 0 saturated carbocycles. The summed E-state index contributed by atoms with van der Waals surface area (Å²) in [5.41, 5.74) is 1.13. The second-order valence-electron chi connectivity index (χ2n) is 2.92. The van der Waals surface area contributed by atoms with Gasteiger partial charge in [0.15, 0.2) is 0 Å². The van der Waals surface area contributed by atoms with Crippen molar-refractivity contribution in [3.8, 4) is 0 Å². The Labute approximate surface area is 66.8 Å². The van der Waals surface area contributed by atoms with E-state index in [4.69, 9.17) is 0 Å².